The molecule has 1 aliphatic heterocycles. The molecule has 0 bridgehead atoms. The number of thiazole rings is 1. The number of rotatable bonds is 4. The molecule has 4 rings (SSSR count). The van der Waals surface area contributed by atoms with Gasteiger partial charge in [0, 0.05) is 5.56 Å². The molecule has 0 aliphatic carbocycles. The lowest BCUT2D eigenvalue weighted by atomic mass is 10.0. The molecule has 0 unspecified atom stereocenters. The lowest BCUT2D eigenvalue weighted by Crippen LogP contribution is -2.34. The summed E-state index contributed by atoms with van der Waals surface area (Å²) >= 11 is 1.40. The van der Waals surface area contributed by atoms with Crippen molar-refractivity contribution in [3.05, 3.63) is 53.6 Å². The summed E-state index contributed by atoms with van der Waals surface area (Å²) in [6, 6.07) is 11.7. The Balaban J connectivity index is 1.65. The lowest BCUT2D eigenvalue weighted by molar-refractivity contribution is -0.118. The smallest absolute Gasteiger partial charge is 0.263 e. The van der Waals surface area contributed by atoms with Crippen LogP contribution in [0.15, 0.2) is 52.4 Å². The van der Waals surface area contributed by atoms with Crippen molar-refractivity contribution in [2.24, 2.45) is 10.9 Å². The fourth-order valence-corrected chi connectivity index (χ4v) is 5.38. The summed E-state index contributed by atoms with van der Waals surface area (Å²) in [5.74, 6) is -0.279. The highest BCUT2D eigenvalue weighted by molar-refractivity contribution is 7.90. The molecule has 0 fully saturated rings. The number of nitrogens with zero attached hydrogens (tertiary/aromatic N) is 2. The standard InChI is InChI=1S/C20H20N4O3S2/c1-11(2)16(21-18-13-8-4-5-10-15(13)29(26,27)24-18)19(25)23-20-22-17-12(3)7-6-9-14(17)28-20/h4-11,16H,1-3H3,(H,21,24)(H,22,23,25)/t16-/m0/s1. The van der Waals surface area contributed by atoms with Crippen LogP contribution in [-0.4, -0.2) is 31.2 Å². The number of fused-ring (bicyclic) bond motifs is 2. The van der Waals surface area contributed by atoms with E-state index in [-0.39, 0.29) is 22.6 Å². The minimum Gasteiger partial charge on any atom is -0.300 e. The van der Waals surface area contributed by atoms with Crippen molar-refractivity contribution >= 4 is 48.5 Å². The molecule has 2 heterocycles. The van der Waals surface area contributed by atoms with Crippen LogP contribution >= 0.6 is 11.3 Å². The number of carbonyl (C=O) groups is 1. The van der Waals surface area contributed by atoms with Gasteiger partial charge in [-0.3, -0.25) is 14.5 Å². The van der Waals surface area contributed by atoms with Crippen LogP contribution in [0, 0.1) is 12.8 Å². The number of hydrogen-bond acceptors (Lipinski definition) is 6. The van der Waals surface area contributed by atoms with Gasteiger partial charge < -0.3 is 5.32 Å². The van der Waals surface area contributed by atoms with Gasteiger partial charge in [0.2, 0.25) is 0 Å². The first-order chi connectivity index (χ1) is 13.8. The molecule has 1 atom stereocenters. The molecule has 0 saturated carbocycles. The zero-order chi connectivity index (χ0) is 20.8. The number of sulfonamides is 1. The van der Waals surface area contributed by atoms with Crippen LogP contribution in [0.1, 0.15) is 25.0 Å². The maximum atomic E-state index is 12.9. The van der Waals surface area contributed by atoms with Gasteiger partial charge in [-0.2, -0.15) is 0 Å². The molecule has 1 aromatic heterocycles. The average molecular weight is 429 g/mol. The Hall–Kier alpha value is -2.78. The summed E-state index contributed by atoms with van der Waals surface area (Å²) < 4.78 is 28.1. The van der Waals surface area contributed by atoms with Crippen molar-refractivity contribution in [1.82, 2.24) is 9.71 Å². The first-order valence-corrected chi connectivity index (χ1v) is 11.4. The van der Waals surface area contributed by atoms with Crippen LogP contribution < -0.4 is 10.0 Å². The van der Waals surface area contributed by atoms with E-state index in [2.05, 4.69) is 20.0 Å². The second-order valence-corrected chi connectivity index (χ2v) is 9.88. The Bertz CT molecular complexity index is 1250. The van der Waals surface area contributed by atoms with Gasteiger partial charge in [0.25, 0.3) is 15.9 Å². The SMILES string of the molecule is Cc1cccc2sc(NC(=O)[C@@H](N=C3NS(=O)(=O)c4ccccc43)C(C)C)nc12. The third kappa shape index (κ3) is 3.63. The number of carbonyl (C=O) groups excluding carboxylic acids is 1. The van der Waals surface area contributed by atoms with E-state index in [1.165, 1.54) is 17.4 Å². The molecule has 7 nitrogen and oxygen atoms in total. The van der Waals surface area contributed by atoms with E-state index in [1.807, 2.05) is 39.0 Å². The van der Waals surface area contributed by atoms with E-state index >= 15 is 0 Å². The van der Waals surface area contributed by atoms with E-state index in [9.17, 15) is 13.2 Å². The molecule has 1 aliphatic rings. The summed E-state index contributed by atoms with van der Waals surface area (Å²) in [5.41, 5.74) is 2.37. The zero-order valence-electron chi connectivity index (χ0n) is 16.1. The second-order valence-electron chi connectivity index (χ2n) is 7.20. The third-order valence-electron chi connectivity index (χ3n) is 4.68. The Labute approximate surface area is 172 Å². The van der Waals surface area contributed by atoms with Gasteiger partial charge in [-0.15, -0.1) is 0 Å². The average Bonchev–Trinajstić information content (AvgIpc) is 3.19. The molecular weight excluding hydrogens is 408 g/mol. The van der Waals surface area contributed by atoms with Crippen LogP contribution in [0.5, 0.6) is 0 Å². The molecule has 0 spiro atoms. The Morgan fingerprint density at radius 2 is 1.93 bits per heavy atom. The van der Waals surface area contributed by atoms with Gasteiger partial charge in [0.1, 0.15) is 11.9 Å². The van der Waals surface area contributed by atoms with Crippen molar-refractivity contribution in [3.8, 4) is 0 Å². The molecule has 3 aromatic rings. The highest BCUT2D eigenvalue weighted by Crippen LogP contribution is 2.29. The number of amides is 1. The van der Waals surface area contributed by atoms with Crippen LogP contribution in [0.4, 0.5) is 5.13 Å². The minimum atomic E-state index is -3.66. The number of aromatic nitrogens is 1. The first kappa shape index (κ1) is 19.5. The Morgan fingerprint density at radius 3 is 2.66 bits per heavy atom. The van der Waals surface area contributed by atoms with Gasteiger partial charge in [-0.05, 0) is 36.6 Å². The molecule has 150 valence electrons. The molecular formula is C20H20N4O3S2. The number of nitrogens with one attached hydrogen (secondary N) is 2. The van der Waals surface area contributed by atoms with Gasteiger partial charge in [0.05, 0.1) is 15.1 Å². The highest BCUT2D eigenvalue weighted by atomic mass is 32.2. The van der Waals surface area contributed by atoms with Crippen molar-refractivity contribution in [2.75, 3.05) is 5.32 Å². The van der Waals surface area contributed by atoms with Gasteiger partial charge in [-0.25, -0.2) is 13.4 Å². The summed E-state index contributed by atoms with van der Waals surface area (Å²) in [7, 11) is -3.66. The molecule has 1 amide bonds. The third-order valence-corrected chi connectivity index (χ3v) is 7.02. The van der Waals surface area contributed by atoms with Crippen LogP contribution in [0.2, 0.25) is 0 Å². The van der Waals surface area contributed by atoms with Crippen molar-refractivity contribution in [2.45, 2.75) is 31.7 Å². The summed E-state index contributed by atoms with van der Waals surface area (Å²) in [6.45, 7) is 5.71. The minimum absolute atomic E-state index is 0.143. The molecule has 2 N–H and O–H groups in total. The molecule has 2 aromatic carbocycles. The zero-order valence-corrected chi connectivity index (χ0v) is 17.8. The summed E-state index contributed by atoms with van der Waals surface area (Å²) in [5, 5.41) is 3.34. The number of hydrogen-bond donors (Lipinski definition) is 2. The van der Waals surface area contributed by atoms with Gasteiger partial charge in [-0.1, -0.05) is 49.4 Å². The summed E-state index contributed by atoms with van der Waals surface area (Å²) in [6.07, 6.45) is 0. The van der Waals surface area contributed by atoms with Crippen LogP contribution in [-0.2, 0) is 14.8 Å². The second kappa shape index (κ2) is 7.23. The van der Waals surface area contributed by atoms with Gasteiger partial charge >= 0.3 is 0 Å². The number of aliphatic imine (C=N–C) groups is 1. The van der Waals surface area contributed by atoms with E-state index in [0.717, 1.165) is 15.8 Å². The number of benzene rings is 2. The van der Waals surface area contributed by atoms with Crippen molar-refractivity contribution < 1.29 is 13.2 Å². The fourth-order valence-electron chi connectivity index (χ4n) is 3.20. The van der Waals surface area contributed by atoms with Crippen molar-refractivity contribution in [1.29, 1.82) is 0 Å². The van der Waals surface area contributed by atoms with E-state index in [0.29, 0.717) is 10.7 Å². The maximum absolute atomic E-state index is 12.9. The number of amidine groups is 1. The number of para-hydroxylation sites is 1. The van der Waals surface area contributed by atoms with Crippen molar-refractivity contribution in [3.63, 3.8) is 0 Å². The monoisotopic (exact) mass is 428 g/mol. The van der Waals surface area contributed by atoms with Gasteiger partial charge in [0.15, 0.2) is 5.13 Å². The van der Waals surface area contributed by atoms with Crippen LogP contribution in [0.25, 0.3) is 10.2 Å². The normalized spacial score (nSPS) is 17.3. The fraction of sp³-hybridized carbons (Fsp3) is 0.250. The van der Waals surface area contributed by atoms with E-state index in [4.69, 9.17) is 0 Å². The largest absolute Gasteiger partial charge is 0.300 e. The first-order valence-electron chi connectivity index (χ1n) is 9.13. The topological polar surface area (TPSA) is 101 Å². The Morgan fingerprint density at radius 1 is 1.17 bits per heavy atom. The van der Waals surface area contributed by atoms with E-state index in [1.54, 1.807) is 18.2 Å². The quantitative estimate of drug-likeness (QED) is 0.666. The number of aryl methyl sites for hydroxylation is 1. The van der Waals surface area contributed by atoms with E-state index < -0.39 is 16.1 Å². The highest BCUT2D eigenvalue weighted by Gasteiger charge is 2.32. The predicted molar refractivity (Wildman–Crippen MR) is 115 cm³/mol. The lowest BCUT2D eigenvalue weighted by Gasteiger charge is -2.16. The Kier molecular flexibility index (Phi) is 4.87. The predicted octanol–water partition coefficient (Wildman–Crippen LogP) is 3.31. The summed E-state index contributed by atoms with van der Waals surface area (Å²) in [4.78, 5) is 22.1. The number of anilines is 1. The van der Waals surface area contributed by atoms with Crippen LogP contribution in [0.3, 0.4) is 0 Å². The maximum Gasteiger partial charge on any atom is 0.263 e. The molecule has 29 heavy (non-hydrogen) atoms. The molecule has 0 radical (unpaired) electrons. The molecule has 0 saturated heterocycles. The molecule has 9 heteroatoms.